The smallest absolute Gasteiger partial charge is 0.185 e. The van der Waals surface area contributed by atoms with Crippen molar-refractivity contribution in [3.8, 4) is 17.0 Å². The lowest BCUT2D eigenvalue weighted by molar-refractivity contribution is 0.416. The third-order valence-corrected chi connectivity index (χ3v) is 4.70. The van der Waals surface area contributed by atoms with Crippen molar-refractivity contribution >= 4 is 16.5 Å². The second-order valence-corrected chi connectivity index (χ2v) is 6.25. The average molecular weight is 288 g/mol. The number of ether oxygens (including phenoxy) is 1. The normalized spacial score (nSPS) is 19.1. The van der Waals surface area contributed by atoms with Gasteiger partial charge in [0.2, 0.25) is 0 Å². The summed E-state index contributed by atoms with van der Waals surface area (Å²) in [6.45, 7) is 4.57. The summed E-state index contributed by atoms with van der Waals surface area (Å²) in [6.07, 6.45) is 2.60. The maximum atomic E-state index is 5.42. The van der Waals surface area contributed by atoms with E-state index in [1.807, 2.05) is 18.2 Å². The van der Waals surface area contributed by atoms with Crippen LogP contribution in [0.4, 0.5) is 5.13 Å². The zero-order chi connectivity index (χ0) is 13.9. The summed E-state index contributed by atoms with van der Waals surface area (Å²) in [4.78, 5) is 7.23. The highest BCUT2D eigenvalue weighted by Crippen LogP contribution is 2.34. The van der Waals surface area contributed by atoms with Gasteiger partial charge in [-0.3, -0.25) is 0 Å². The summed E-state index contributed by atoms with van der Waals surface area (Å²) in [6, 6.07) is 8.07. The maximum Gasteiger partial charge on any atom is 0.185 e. The Balaban J connectivity index is 1.86. The minimum Gasteiger partial charge on any atom is -0.496 e. The molecule has 1 atom stereocenters. The van der Waals surface area contributed by atoms with E-state index in [-0.39, 0.29) is 0 Å². The monoisotopic (exact) mass is 288 g/mol. The molecule has 4 heteroatoms. The molecule has 0 spiro atoms. The Bertz CT molecular complexity index is 581. The van der Waals surface area contributed by atoms with Crippen molar-refractivity contribution in [1.82, 2.24) is 4.98 Å². The van der Waals surface area contributed by atoms with Gasteiger partial charge in [-0.1, -0.05) is 19.1 Å². The molecule has 0 aliphatic carbocycles. The van der Waals surface area contributed by atoms with E-state index in [1.54, 1.807) is 18.4 Å². The standard InChI is InChI=1S/C16H20N2OS/c1-12-6-5-9-18(10-12)16-17-14(11-20-16)13-7-3-4-8-15(13)19-2/h3-4,7-8,11-12H,5-6,9-10H2,1-2H3. The SMILES string of the molecule is COc1ccccc1-c1csc(N2CCCC(C)C2)n1. The molecule has 1 aliphatic heterocycles. The molecule has 2 aromatic rings. The molecule has 1 aliphatic rings. The zero-order valence-corrected chi connectivity index (χ0v) is 12.8. The molecule has 0 saturated carbocycles. The van der Waals surface area contributed by atoms with Gasteiger partial charge in [0.05, 0.1) is 12.8 Å². The van der Waals surface area contributed by atoms with Crippen LogP contribution >= 0.6 is 11.3 Å². The summed E-state index contributed by atoms with van der Waals surface area (Å²) >= 11 is 1.73. The summed E-state index contributed by atoms with van der Waals surface area (Å²) in [5.41, 5.74) is 2.09. The molecule has 0 radical (unpaired) electrons. The average Bonchev–Trinajstić information content (AvgIpc) is 2.97. The number of aromatic nitrogens is 1. The molecule has 3 nitrogen and oxygen atoms in total. The number of thiazole rings is 1. The molecule has 2 heterocycles. The fourth-order valence-corrected chi connectivity index (χ4v) is 3.62. The van der Waals surface area contributed by atoms with Gasteiger partial charge in [0, 0.05) is 24.0 Å². The van der Waals surface area contributed by atoms with E-state index in [2.05, 4.69) is 23.3 Å². The molecule has 0 amide bonds. The van der Waals surface area contributed by atoms with Crippen LogP contribution in [-0.2, 0) is 0 Å². The number of rotatable bonds is 3. The van der Waals surface area contributed by atoms with Crippen molar-refractivity contribution in [3.63, 3.8) is 0 Å². The van der Waals surface area contributed by atoms with Crippen LogP contribution in [0.25, 0.3) is 11.3 Å². The van der Waals surface area contributed by atoms with Crippen molar-refractivity contribution in [2.75, 3.05) is 25.1 Å². The van der Waals surface area contributed by atoms with Crippen LogP contribution in [0.2, 0.25) is 0 Å². The summed E-state index contributed by atoms with van der Waals surface area (Å²) in [5.74, 6) is 1.65. The second-order valence-electron chi connectivity index (χ2n) is 5.41. The highest BCUT2D eigenvalue weighted by molar-refractivity contribution is 7.14. The van der Waals surface area contributed by atoms with Gasteiger partial charge in [0.1, 0.15) is 5.75 Å². The first-order chi connectivity index (χ1) is 9.78. The van der Waals surface area contributed by atoms with Gasteiger partial charge in [0.25, 0.3) is 0 Å². The Morgan fingerprint density at radius 2 is 2.20 bits per heavy atom. The van der Waals surface area contributed by atoms with Crippen molar-refractivity contribution < 1.29 is 4.74 Å². The number of hydrogen-bond donors (Lipinski definition) is 0. The topological polar surface area (TPSA) is 25.4 Å². The number of methoxy groups -OCH3 is 1. The van der Waals surface area contributed by atoms with Gasteiger partial charge in [0.15, 0.2) is 5.13 Å². The first-order valence-electron chi connectivity index (χ1n) is 7.12. The molecule has 1 unspecified atom stereocenters. The molecule has 0 N–H and O–H groups in total. The Morgan fingerprint density at radius 1 is 1.35 bits per heavy atom. The van der Waals surface area contributed by atoms with E-state index in [1.165, 1.54) is 12.8 Å². The number of piperidine rings is 1. The van der Waals surface area contributed by atoms with Gasteiger partial charge >= 0.3 is 0 Å². The fraction of sp³-hybridized carbons (Fsp3) is 0.438. The van der Waals surface area contributed by atoms with Gasteiger partial charge in [-0.2, -0.15) is 0 Å². The van der Waals surface area contributed by atoms with Gasteiger partial charge in [-0.15, -0.1) is 11.3 Å². The molecular weight excluding hydrogens is 268 g/mol. The minimum atomic E-state index is 0.766. The van der Waals surface area contributed by atoms with Crippen molar-refractivity contribution in [2.24, 2.45) is 5.92 Å². The van der Waals surface area contributed by atoms with Crippen LogP contribution in [-0.4, -0.2) is 25.2 Å². The number of anilines is 1. The van der Waals surface area contributed by atoms with E-state index >= 15 is 0 Å². The Kier molecular flexibility index (Phi) is 3.92. The van der Waals surface area contributed by atoms with Crippen molar-refractivity contribution in [2.45, 2.75) is 19.8 Å². The summed E-state index contributed by atoms with van der Waals surface area (Å²) in [5, 5.41) is 3.27. The van der Waals surface area contributed by atoms with Crippen molar-refractivity contribution in [1.29, 1.82) is 0 Å². The molecule has 0 bridgehead atoms. The molecule has 1 aromatic carbocycles. The zero-order valence-electron chi connectivity index (χ0n) is 12.0. The lowest BCUT2D eigenvalue weighted by Crippen LogP contribution is -2.34. The Hall–Kier alpha value is -1.55. The number of para-hydroxylation sites is 1. The lowest BCUT2D eigenvalue weighted by Gasteiger charge is -2.30. The molecule has 106 valence electrons. The predicted molar refractivity (Wildman–Crippen MR) is 84.7 cm³/mol. The third kappa shape index (κ3) is 2.66. The maximum absolute atomic E-state index is 5.42. The fourth-order valence-electron chi connectivity index (χ4n) is 2.75. The second kappa shape index (κ2) is 5.83. The van der Waals surface area contributed by atoms with Gasteiger partial charge in [-0.25, -0.2) is 4.98 Å². The first-order valence-corrected chi connectivity index (χ1v) is 7.99. The van der Waals surface area contributed by atoms with E-state index in [4.69, 9.17) is 9.72 Å². The molecule has 20 heavy (non-hydrogen) atoms. The molecule has 1 saturated heterocycles. The number of nitrogens with zero attached hydrogens (tertiary/aromatic N) is 2. The van der Waals surface area contributed by atoms with E-state index in [9.17, 15) is 0 Å². The van der Waals surface area contributed by atoms with E-state index in [0.717, 1.165) is 41.1 Å². The van der Waals surface area contributed by atoms with Crippen molar-refractivity contribution in [3.05, 3.63) is 29.6 Å². The molecule has 3 rings (SSSR count). The molecular formula is C16H20N2OS. The minimum absolute atomic E-state index is 0.766. The largest absolute Gasteiger partial charge is 0.496 e. The predicted octanol–water partition coefficient (Wildman–Crippen LogP) is 4.06. The lowest BCUT2D eigenvalue weighted by atomic mass is 10.0. The van der Waals surface area contributed by atoms with Crippen LogP contribution in [0.5, 0.6) is 5.75 Å². The number of benzene rings is 1. The van der Waals surface area contributed by atoms with E-state index < -0.39 is 0 Å². The van der Waals surface area contributed by atoms with Crippen LogP contribution in [0.1, 0.15) is 19.8 Å². The van der Waals surface area contributed by atoms with E-state index in [0.29, 0.717) is 0 Å². The summed E-state index contributed by atoms with van der Waals surface area (Å²) in [7, 11) is 1.71. The molecule has 1 fully saturated rings. The first kappa shape index (κ1) is 13.4. The van der Waals surface area contributed by atoms with Crippen LogP contribution in [0.3, 0.4) is 0 Å². The van der Waals surface area contributed by atoms with Crippen LogP contribution in [0, 0.1) is 5.92 Å². The van der Waals surface area contributed by atoms with Crippen LogP contribution < -0.4 is 9.64 Å². The third-order valence-electron chi connectivity index (χ3n) is 3.80. The number of hydrogen-bond acceptors (Lipinski definition) is 4. The highest BCUT2D eigenvalue weighted by atomic mass is 32.1. The summed E-state index contributed by atoms with van der Waals surface area (Å²) < 4.78 is 5.42. The Labute approximate surface area is 124 Å². The quantitative estimate of drug-likeness (QED) is 0.852. The van der Waals surface area contributed by atoms with Crippen LogP contribution in [0.15, 0.2) is 29.6 Å². The molecule has 1 aromatic heterocycles. The highest BCUT2D eigenvalue weighted by Gasteiger charge is 2.19. The van der Waals surface area contributed by atoms with Gasteiger partial charge < -0.3 is 9.64 Å². The Morgan fingerprint density at radius 3 is 3.00 bits per heavy atom. The van der Waals surface area contributed by atoms with Gasteiger partial charge in [-0.05, 0) is 30.9 Å².